The van der Waals surface area contributed by atoms with Crippen molar-refractivity contribution >= 4 is 18.3 Å². The fraction of sp³-hybridized carbons (Fsp3) is 0.800. The first kappa shape index (κ1) is 17.2. The number of amides is 1. The van der Waals surface area contributed by atoms with Crippen molar-refractivity contribution in [3.8, 4) is 0 Å². The van der Waals surface area contributed by atoms with E-state index in [1.807, 2.05) is 4.90 Å². The van der Waals surface area contributed by atoms with Crippen molar-refractivity contribution in [1.29, 1.82) is 0 Å². The number of rotatable bonds is 3. The summed E-state index contributed by atoms with van der Waals surface area (Å²) in [6.07, 6.45) is 6.72. The molecule has 124 valence electrons. The van der Waals surface area contributed by atoms with Crippen molar-refractivity contribution < 1.29 is 9.32 Å². The van der Waals surface area contributed by atoms with Gasteiger partial charge in [0.15, 0.2) is 5.82 Å². The molecule has 2 fully saturated rings. The Kier molecular flexibility index (Phi) is 5.45. The first-order chi connectivity index (χ1) is 10.1. The minimum absolute atomic E-state index is 0. The highest BCUT2D eigenvalue weighted by Gasteiger charge is 2.41. The molecular weight excluding hydrogens is 304 g/mol. The summed E-state index contributed by atoms with van der Waals surface area (Å²) in [5.74, 6) is 1.90. The molecule has 0 aromatic carbocycles. The zero-order valence-electron chi connectivity index (χ0n) is 13.1. The minimum atomic E-state index is -0.607. The lowest BCUT2D eigenvalue weighted by Crippen LogP contribution is -2.55. The van der Waals surface area contributed by atoms with E-state index in [0.717, 1.165) is 63.9 Å². The summed E-state index contributed by atoms with van der Waals surface area (Å²) in [4.78, 5) is 18.9. The molecule has 0 spiro atoms. The molecule has 1 amide bonds. The number of halogens is 1. The first-order valence-corrected chi connectivity index (χ1v) is 7.94. The van der Waals surface area contributed by atoms with Gasteiger partial charge in [0.1, 0.15) is 0 Å². The summed E-state index contributed by atoms with van der Waals surface area (Å²) in [6, 6.07) is 0. The van der Waals surface area contributed by atoms with Gasteiger partial charge >= 0.3 is 0 Å². The zero-order chi connectivity index (χ0) is 14.9. The van der Waals surface area contributed by atoms with Gasteiger partial charge in [-0.05, 0) is 31.6 Å². The Bertz CT molecular complexity index is 513. The van der Waals surface area contributed by atoms with Crippen LogP contribution in [0.1, 0.15) is 50.2 Å². The quantitative estimate of drug-likeness (QED) is 0.915. The van der Waals surface area contributed by atoms with Crippen molar-refractivity contribution in [2.24, 2.45) is 11.7 Å². The van der Waals surface area contributed by atoms with E-state index in [1.54, 1.807) is 6.92 Å². The number of hydrogen-bond acceptors (Lipinski definition) is 5. The van der Waals surface area contributed by atoms with Crippen LogP contribution in [-0.2, 0) is 11.2 Å². The second-order valence-electron chi connectivity index (χ2n) is 6.56. The standard InChI is InChI=1S/C15H24N4O2.ClH/c1-11-17-13(18-21-11)9-12-5-4-8-19(10-12)14(20)15(16)6-2-3-7-15;/h12H,2-10,16H2,1H3;1H. The van der Waals surface area contributed by atoms with Crippen molar-refractivity contribution in [2.45, 2.75) is 57.4 Å². The van der Waals surface area contributed by atoms with Crippen LogP contribution in [0.2, 0.25) is 0 Å². The monoisotopic (exact) mass is 328 g/mol. The van der Waals surface area contributed by atoms with Crippen LogP contribution in [-0.4, -0.2) is 39.6 Å². The number of nitrogens with zero attached hydrogens (tertiary/aromatic N) is 3. The predicted octanol–water partition coefficient (Wildman–Crippen LogP) is 1.85. The van der Waals surface area contributed by atoms with Crippen LogP contribution in [0.4, 0.5) is 0 Å². The van der Waals surface area contributed by atoms with Crippen molar-refractivity contribution in [1.82, 2.24) is 15.0 Å². The Hall–Kier alpha value is -1.14. The fourth-order valence-corrected chi connectivity index (χ4v) is 3.63. The summed E-state index contributed by atoms with van der Waals surface area (Å²) in [6.45, 7) is 3.40. The van der Waals surface area contributed by atoms with Gasteiger partial charge in [0.25, 0.3) is 0 Å². The van der Waals surface area contributed by atoms with Crippen LogP contribution >= 0.6 is 12.4 Å². The number of carbonyl (C=O) groups excluding carboxylic acids is 1. The maximum absolute atomic E-state index is 12.7. The van der Waals surface area contributed by atoms with Crippen LogP contribution < -0.4 is 5.73 Å². The molecule has 1 aromatic heterocycles. The van der Waals surface area contributed by atoms with E-state index >= 15 is 0 Å². The van der Waals surface area contributed by atoms with Crippen molar-refractivity contribution in [3.63, 3.8) is 0 Å². The molecule has 2 N–H and O–H groups in total. The fourth-order valence-electron chi connectivity index (χ4n) is 3.63. The summed E-state index contributed by atoms with van der Waals surface area (Å²) < 4.78 is 5.02. The maximum Gasteiger partial charge on any atom is 0.242 e. The minimum Gasteiger partial charge on any atom is -0.341 e. The molecular formula is C15H25ClN4O2. The van der Waals surface area contributed by atoms with Gasteiger partial charge in [0.05, 0.1) is 5.54 Å². The number of hydrogen-bond donors (Lipinski definition) is 1. The largest absolute Gasteiger partial charge is 0.341 e. The highest BCUT2D eigenvalue weighted by Crippen LogP contribution is 2.31. The molecule has 22 heavy (non-hydrogen) atoms. The third kappa shape index (κ3) is 3.60. The highest BCUT2D eigenvalue weighted by molar-refractivity contribution is 5.86. The van der Waals surface area contributed by atoms with E-state index in [0.29, 0.717) is 11.8 Å². The Labute approximate surface area is 137 Å². The average molecular weight is 329 g/mol. The van der Waals surface area contributed by atoms with E-state index in [-0.39, 0.29) is 18.3 Å². The summed E-state index contributed by atoms with van der Waals surface area (Å²) >= 11 is 0. The molecule has 1 aliphatic heterocycles. The summed E-state index contributed by atoms with van der Waals surface area (Å²) in [7, 11) is 0. The second-order valence-corrected chi connectivity index (χ2v) is 6.56. The van der Waals surface area contributed by atoms with Gasteiger partial charge in [0, 0.05) is 26.4 Å². The Morgan fingerprint density at radius 2 is 2.14 bits per heavy atom. The van der Waals surface area contributed by atoms with Gasteiger partial charge in [-0.3, -0.25) is 4.79 Å². The van der Waals surface area contributed by atoms with Gasteiger partial charge in [0.2, 0.25) is 11.8 Å². The molecule has 6 nitrogen and oxygen atoms in total. The van der Waals surface area contributed by atoms with Gasteiger partial charge in [-0.15, -0.1) is 12.4 Å². The number of aromatic nitrogens is 2. The molecule has 1 aliphatic carbocycles. The number of likely N-dealkylation sites (tertiary alicyclic amines) is 1. The maximum atomic E-state index is 12.7. The smallest absolute Gasteiger partial charge is 0.242 e. The number of aryl methyl sites for hydroxylation is 1. The van der Waals surface area contributed by atoms with Crippen LogP contribution in [0, 0.1) is 12.8 Å². The molecule has 2 aliphatic rings. The summed E-state index contributed by atoms with van der Waals surface area (Å²) in [5.41, 5.74) is 5.70. The highest BCUT2D eigenvalue weighted by atomic mass is 35.5. The van der Waals surface area contributed by atoms with Crippen LogP contribution in [0.5, 0.6) is 0 Å². The van der Waals surface area contributed by atoms with Gasteiger partial charge in [-0.25, -0.2) is 0 Å². The summed E-state index contributed by atoms with van der Waals surface area (Å²) in [5, 5.41) is 3.96. The number of carbonyl (C=O) groups is 1. The third-order valence-corrected chi connectivity index (χ3v) is 4.77. The molecule has 1 saturated carbocycles. The van der Waals surface area contributed by atoms with Crippen LogP contribution in [0.3, 0.4) is 0 Å². The van der Waals surface area contributed by atoms with E-state index in [9.17, 15) is 4.79 Å². The third-order valence-electron chi connectivity index (χ3n) is 4.77. The lowest BCUT2D eigenvalue weighted by molar-refractivity contribution is -0.138. The molecule has 0 radical (unpaired) electrons. The van der Waals surface area contributed by atoms with Crippen molar-refractivity contribution in [3.05, 3.63) is 11.7 Å². The van der Waals surface area contributed by atoms with Crippen molar-refractivity contribution in [2.75, 3.05) is 13.1 Å². The second kappa shape index (κ2) is 6.96. The number of nitrogens with two attached hydrogens (primary N) is 1. The van der Waals surface area contributed by atoms with Gasteiger partial charge in [-0.2, -0.15) is 4.98 Å². The van der Waals surface area contributed by atoms with E-state index in [1.165, 1.54) is 0 Å². The lowest BCUT2D eigenvalue weighted by atomic mass is 9.91. The zero-order valence-corrected chi connectivity index (χ0v) is 13.9. The first-order valence-electron chi connectivity index (χ1n) is 7.94. The van der Waals surface area contributed by atoms with E-state index < -0.39 is 5.54 Å². The Morgan fingerprint density at radius 3 is 2.77 bits per heavy atom. The molecule has 1 saturated heterocycles. The molecule has 1 aromatic rings. The Morgan fingerprint density at radius 1 is 1.41 bits per heavy atom. The number of piperidine rings is 1. The normalized spacial score (nSPS) is 24.1. The molecule has 1 unspecified atom stereocenters. The topological polar surface area (TPSA) is 85.2 Å². The van der Waals surface area contributed by atoms with Gasteiger partial charge < -0.3 is 15.2 Å². The van der Waals surface area contributed by atoms with E-state index in [2.05, 4.69) is 10.1 Å². The molecule has 0 bridgehead atoms. The predicted molar refractivity (Wildman–Crippen MR) is 84.7 cm³/mol. The van der Waals surface area contributed by atoms with Crippen LogP contribution in [0.15, 0.2) is 4.52 Å². The molecule has 1 atom stereocenters. The molecule has 7 heteroatoms. The average Bonchev–Trinajstić information content (AvgIpc) is 3.08. The lowest BCUT2D eigenvalue weighted by Gasteiger charge is -2.37. The Balaban J connectivity index is 0.00000176. The van der Waals surface area contributed by atoms with E-state index in [4.69, 9.17) is 10.3 Å². The SMILES string of the molecule is Cc1nc(CC2CCCN(C(=O)C3(N)CCCC3)C2)no1.Cl. The molecule has 3 rings (SSSR count). The van der Waals surface area contributed by atoms with Gasteiger partial charge in [-0.1, -0.05) is 18.0 Å². The molecule has 2 heterocycles. The van der Waals surface area contributed by atoms with Crippen LogP contribution in [0.25, 0.3) is 0 Å².